The first-order chi connectivity index (χ1) is 15.4. The molecule has 7 heteroatoms. The topological polar surface area (TPSA) is 105 Å². The van der Waals surface area contributed by atoms with Gasteiger partial charge in [-0.15, -0.1) is 0 Å². The maximum absolute atomic E-state index is 12.4. The Labute approximate surface area is 188 Å². The maximum atomic E-state index is 12.4. The zero-order valence-corrected chi connectivity index (χ0v) is 18.5. The van der Waals surface area contributed by atoms with Gasteiger partial charge in [-0.1, -0.05) is 62.4 Å². The van der Waals surface area contributed by atoms with E-state index in [-0.39, 0.29) is 30.8 Å². The molecule has 0 spiro atoms. The Balaban J connectivity index is 1.52. The predicted octanol–water partition coefficient (Wildman–Crippen LogP) is 3.92. The number of ether oxygens (including phenoxy) is 1. The molecule has 2 atom stereocenters. The van der Waals surface area contributed by atoms with Crippen molar-refractivity contribution in [2.24, 2.45) is 5.92 Å². The Kier molecular flexibility index (Phi) is 7.87. The van der Waals surface area contributed by atoms with Gasteiger partial charge in [0.15, 0.2) is 0 Å². The van der Waals surface area contributed by atoms with Crippen molar-refractivity contribution in [3.05, 3.63) is 59.7 Å². The first-order valence-electron chi connectivity index (χ1n) is 11.0. The first kappa shape index (κ1) is 23.3. The van der Waals surface area contributed by atoms with Crippen LogP contribution in [0.5, 0.6) is 0 Å². The van der Waals surface area contributed by atoms with Gasteiger partial charge >= 0.3 is 12.1 Å². The van der Waals surface area contributed by atoms with Crippen LogP contribution in [0.15, 0.2) is 48.5 Å². The first-order valence-corrected chi connectivity index (χ1v) is 11.0. The quantitative estimate of drug-likeness (QED) is 0.521. The van der Waals surface area contributed by atoms with Crippen LogP contribution in [0.4, 0.5) is 4.79 Å². The van der Waals surface area contributed by atoms with Gasteiger partial charge in [0.2, 0.25) is 5.91 Å². The second-order valence-corrected chi connectivity index (χ2v) is 8.21. The van der Waals surface area contributed by atoms with Crippen molar-refractivity contribution in [1.82, 2.24) is 10.6 Å². The molecule has 0 aromatic heterocycles. The van der Waals surface area contributed by atoms with Crippen molar-refractivity contribution in [2.45, 2.75) is 45.1 Å². The number of amides is 2. The van der Waals surface area contributed by atoms with Crippen LogP contribution in [0.1, 0.15) is 50.2 Å². The molecule has 0 radical (unpaired) electrons. The summed E-state index contributed by atoms with van der Waals surface area (Å²) >= 11 is 0. The van der Waals surface area contributed by atoms with Crippen LogP contribution < -0.4 is 10.6 Å². The molecule has 0 fully saturated rings. The fraction of sp³-hybridized carbons (Fsp3) is 0.400. The number of hydrogen-bond acceptors (Lipinski definition) is 4. The molecule has 3 N–H and O–H groups in total. The Morgan fingerprint density at radius 2 is 1.62 bits per heavy atom. The summed E-state index contributed by atoms with van der Waals surface area (Å²) in [5.74, 6) is -1.17. The van der Waals surface area contributed by atoms with Crippen LogP contribution in [0, 0.1) is 5.92 Å². The highest BCUT2D eigenvalue weighted by atomic mass is 16.5. The lowest BCUT2D eigenvalue weighted by atomic mass is 9.98. The third-order valence-corrected chi connectivity index (χ3v) is 5.84. The molecule has 32 heavy (non-hydrogen) atoms. The summed E-state index contributed by atoms with van der Waals surface area (Å²) in [7, 11) is 0. The summed E-state index contributed by atoms with van der Waals surface area (Å²) in [6, 6.07) is 15.5. The van der Waals surface area contributed by atoms with Crippen molar-refractivity contribution in [2.75, 3.05) is 13.2 Å². The molecular formula is C25H30N2O5. The van der Waals surface area contributed by atoms with Gasteiger partial charge in [-0.05, 0) is 41.0 Å². The van der Waals surface area contributed by atoms with E-state index in [1.165, 1.54) is 0 Å². The molecule has 7 nitrogen and oxygen atoms in total. The molecule has 2 amide bonds. The highest BCUT2D eigenvalue weighted by Gasteiger charge is 2.29. The molecule has 0 saturated carbocycles. The Morgan fingerprint density at radius 3 is 2.19 bits per heavy atom. The van der Waals surface area contributed by atoms with Crippen LogP contribution >= 0.6 is 0 Å². The largest absolute Gasteiger partial charge is 0.481 e. The number of nitrogens with one attached hydrogen (secondary N) is 2. The van der Waals surface area contributed by atoms with Gasteiger partial charge in [-0.2, -0.15) is 0 Å². The van der Waals surface area contributed by atoms with E-state index in [1.807, 2.05) is 38.1 Å². The van der Waals surface area contributed by atoms with E-state index in [9.17, 15) is 14.4 Å². The van der Waals surface area contributed by atoms with E-state index in [1.54, 1.807) is 0 Å². The van der Waals surface area contributed by atoms with Gasteiger partial charge in [0.25, 0.3) is 0 Å². The molecular weight excluding hydrogens is 408 g/mol. The Hall–Kier alpha value is -3.35. The third-order valence-electron chi connectivity index (χ3n) is 5.84. The molecule has 3 rings (SSSR count). The summed E-state index contributed by atoms with van der Waals surface area (Å²) < 4.78 is 5.52. The lowest BCUT2D eigenvalue weighted by molar-refractivity contribution is -0.137. The number of benzene rings is 2. The molecule has 2 aromatic rings. The molecule has 0 bridgehead atoms. The van der Waals surface area contributed by atoms with Crippen molar-refractivity contribution >= 4 is 18.0 Å². The normalized spacial score (nSPS) is 14.1. The maximum Gasteiger partial charge on any atom is 0.407 e. The second kappa shape index (κ2) is 10.8. The molecule has 1 aliphatic carbocycles. The van der Waals surface area contributed by atoms with Gasteiger partial charge in [0.1, 0.15) is 12.6 Å². The standard InChI is InChI=1S/C25H30N2O5/c1-3-22(24(30)26-14-16(2)12-13-23(28)29)27-25(31)32-15-21-19-10-6-4-8-17(19)18-9-5-7-11-20(18)21/h4-11,16,21-22H,3,12-15H2,1-2H3,(H,26,30)(H,27,31)(H,28,29)/t16?,22-/m0/s1. The third kappa shape index (κ3) is 5.66. The van der Waals surface area contributed by atoms with E-state index in [0.29, 0.717) is 19.4 Å². The Morgan fingerprint density at radius 1 is 1.03 bits per heavy atom. The van der Waals surface area contributed by atoms with Crippen molar-refractivity contribution in [3.63, 3.8) is 0 Å². The lowest BCUT2D eigenvalue weighted by Crippen LogP contribution is -2.47. The second-order valence-electron chi connectivity index (χ2n) is 8.21. The SMILES string of the molecule is CC[C@H](NC(=O)OCC1c2ccccc2-c2ccccc21)C(=O)NCC(C)CCC(=O)O. The average molecular weight is 439 g/mol. The van der Waals surface area contributed by atoms with Gasteiger partial charge in [-0.25, -0.2) is 4.79 Å². The number of carboxylic acids is 1. The highest BCUT2D eigenvalue weighted by molar-refractivity contribution is 5.85. The van der Waals surface area contributed by atoms with Gasteiger partial charge in [0, 0.05) is 18.9 Å². The number of hydrogen-bond donors (Lipinski definition) is 3. The van der Waals surface area contributed by atoms with Crippen LogP contribution in [0.25, 0.3) is 11.1 Å². The summed E-state index contributed by atoms with van der Waals surface area (Å²) in [5.41, 5.74) is 4.56. The number of carboxylic acid groups (broad SMARTS) is 1. The predicted molar refractivity (Wildman–Crippen MR) is 121 cm³/mol. The number of alkyl carbamates (subject to hydrolysis) is 1. The smallest absolute Gasteiger partial charge is 0.407 e. The van der Waals surface area contributed by atoms with Gasteiger partial charge in [0.05, 0.1) is 0 Å². The molecule has 0 saturated heterocycles. The monoisotopic (exact) mass is 438 g/mol. The summed E-state index contributed by atoms with van der Waals surface area (Å²) in [5, 5.41) is 14.2. The lowest BCUT2D eigenvalue weighted by Gasteiger charge is -2.19. The van der Waals surface area contributed by atoms with Crippen LogP contribution in [0.2, 0.25) is 0 Å². The minimum absolute atomic E-state index is 0.0296. The summed E-state index contributed by atoms with van der Waals surface area (Å²) in [6.07, 6.45) is 0.325. The van der Waals surface area contributed by atoms with Crippen molar-refractivity contribution in [3.8, 4) is 11.1 Å². The molecule has 170 valence electrons. The zero-order chi connectivity index (χ0) is 23.1. The van der Waals surface area contributed by atoms with Crippen LogP contribution in [-0.4, -0.2) is 42.3 Å². The molecule has 0 aliphatic heterocycles. The number of rotatable bonds is 10. The van der Waals surface area contributed by atoms with Crippen LogP contribution in [-0.2, 0) is 14.3 Å². The minimum atomic E-state index is -0.855. The number of carbonyl (C=O) groups excluding carboxylic acids is 2. The fourth-order valence-corrected chi connectivity index (χ4v) is 4.01. The number of carbonyl (C=O) groups is 3. The van der Waals surface area contributed by atoms with Gasteiger partial charge in [-0.3, -0.25) is 9.59 Å². The summed E-state index contributed by atoms with van der Waals surface area (Å²) in [4.78, 5) is 35.5. The zero-order valence-electron chi connectivity index (χ0n) is 18.5. The molecule has 0 heterocycles. The summed E-state index contributed by atoms with van der Waals surface area (Å²) in [6.45, 7) is 4.23. The molecule has 1 aliphatic rings. The minimum Gasteiger partial charge on any atom is -0.481 e. The Bertz CT molecular complexity index is 929. The van der Waals surface area contributed by atoms with E-state index in [4.69, 9.17) is 9.84 Å². The van der Waals surface area contributed by atoms with Gasteiger partial charge < -0.3 is 20.5 Å². The molecule has 2 aromatic carbocycles. The number of fused-ring (bicyclic) bond motifs is 3. The van der Waals surface area contributed by atoms with E-state index < -0.39 is 18.1 Å². The number of aliphatic carboxylic acids is 1. The fourth-order valence-electron chi connectivity index (χ4n) is 4.01. The van der Waals surface area contributed by atoms with E-state index in [0.717, 1.165) is 22.3 Å². The van der Waals surface area contributed by atoms with E-state index >= 15 is 0 Å². The van der Waals surface area contributed by atoms with Crippen molar-refractivity contribution < 1.29 is 24.2 Å². The molecule has 1 unspecified atom stereocenters. The average Bonchev–Trinajstić information content (AvgIpc) is 3.12. The van der Waals surface area contributed by atoms with Crippen LogP contribution in [0.3, 0.4) is 0 Å². The van der Waals surface area contributed by atoms with E-state index in [2.05, 4.69) is 34.9 Å². The van der Waals surface area contributed by atoms with Crippen molar-refractivity contribution in [1.29, 1.82) is 0 Å². The highest BCUT2D eigenvalue weighted by Crippen LogP contribution is 2.44.